The molecular formula is C14H25NO2. The number of carbonyl (C=O) groups is 1. The second-order valence-corrected chi connectivity index (χ2v) is 5.33. The monoisotopic (exact) mass is 239 g/mol. The second-order valence-electron chi connectivity index (χ2n) is 5.33. The molecule has 0 aromatic rings. The van der Waals surface area contributed by atoms with E-state index in [4.69, 9.17) is 4.74 Å². The molecule has 0 aromatic heterocycles. The molecule has 0 unspecified atom stereocenters. The van der Waals surface area contributed by atoms with Crippen LogP contribution >= 0.6 is 0 Å². The van der Waals surface area contributed by atoms with Crippen LogP contribution in [0.15, 0.2) is 11.6 Å². The molecule has 0 radical (unpaired) electrons. The van der Waals surface area contributed by atoms with Gasteiger partial charge < -0.3 is 4.74 Å². The minimum atomic E-state index is -0.626. The summed E-state index contributed by atoms with van der Waals surface area (Å²) in [6.45, 7) is 8.42. The first-order chi connectivity index (χ1) is 7.95. The van der Waals surface area contributed by atoms with Crippen LogP contribution in [0.4, 0.5) is 0 Å². The summed E-state index contributed by atoms with van der Waals surface area (Å²) in [6.07, 6.45) is 5.45. The van der Waals surface area contributed by atoms with Crippen molar-refractivity contribution in [2.45, 2.75) is 58.5 Å². The van der Waals surface area contributed by atoms with Crippen molar-refractivity contribution in [3.63, 3.8) is 0 Å². The second kappa shape index (κ2) is 5.67. The number of unbranched alkanes of at least 4 members (excludes halogenated alkanes) is 1. The van der Waals surface area contributed by atoms with Gasteiger partial charge in [0.1, 0.15) is 5.54 Å². The molecule has 0 amide bonds. The Labute approximate surface area is 105 Å². The fraction of sp³-hybridized carbons (Fsp3) is 0.786. The zero-order chi connectivity index (χ0) is 13.1. The fourth-order valence-electron chi connectivity index (χ4n) is 2.30. The molecule has 3 heteroatoms. The van der Waals surface area contributed by atoms with E-state index in [1.54, 1.807) is 0 Å². The van der Waals surface area contributed by atoms with Crippen molar-refractivity contribution in [1.29, 1.82) is 0 Å². The maximum atomic E-state index is 12.0. The van der Waals surface area contributed by atoms with Gasteiger partial charge in [-0.15, -0.1) is 0 Å². The Bertz CT molecular complexity index is 309. The summed E-state index contributed by atoms with van der Waals surface area (Å²) in [6, 6.07) is 0.269. The Balaban J connectivity index is 2.90. The Hall–Kier alpha value is -0.830. The van der Waals surface area contributed by atoms with Gasteiger partial charge in [0.05, 0.1) is 7.11 Å². The van der Waals surface area contributed by atoms with Crippen LogP contribution in [-0.4, -0.2) is 24.7 Å². The topological polar surface area (TPSA) is 38.3 Å². The molecule has 2 atom stereocenters. The predicted octanol–water partition coefficient (Wildman–Crippen LogP) is 2.66. The van der Waals surface area contributed by atoms with Crippen LogP contribution < -0.4 is 5.32 Å². The highest BCUT2D eigenvalue weighted by molar-refractivity contribution is 5.85. The molecule has 0 aromatic carbocycles. The first-order valence-electron chi connectivity index (χ1n) is 6.53. The SMILES string of the molecule is CCCCC1=C[C@@H](C(C)C)N[C@@]1(C)C(=O)OC. The molecule has 3 nitrogen and oxygen atoms in total. The van der Waals surface area contributed by atoms with Crippen molar-refractivity contribution in [2.75, 3.05) is 7.11 Å². The lowest BCUT2D eigenvalue weighted by Gasteiger charge is -2.28. The van der Waals surface area contributed by atoms with Crippen LogP contribution in [0.3, 0.4) is 0 Å². The van der Waals surface area contributed by atoms with Crippen LogP contribution in [0, 0.1) is 5.92 Å². The van der Waals surface area contributed by atoms with Crippen molar-refractivity contribution in [3.8, 4) is 0 Å². The number of rotatable bonds is 5. The summed E-state index contributed by atoms with van der Waals surface area (Å²) in [5.74, 6) is 0.307. The Kier molecular flexibility index (Phi) is 4.75. The lowest BCUT2D eigenvalue weighted by molar-refractivity contribution is -0.146. The van der Waals surface area contributed by atoms with Gasteiger partial charge in [0.2, 0.25) is 0 Å². The fourth-order valence-corrected chi connectivity index (χ4v) is 2.30. The molecule has 1 aliphatic rings. The van der Waals surface area contributed by atoms with Gasteiger partial charge in [-0.2, -0.15) is 0 Å². The molecular weight excluding hydrogens is 214 g/mol. The van der Waals surface area contributed by atoms with Gasteiger partial charge in [0.25, 0.3) is 0 Å². The number of methoxy groups -OCH3 is 1. The molecule has 0 saturated heterocycles. The summed E-state index contributed by atoms with van der Waals surface area (Å²) >= 11 is 0. The van der Waals surface area contributed by atoms with E-state index in [9.17, 15) is 4.79 Å². The number of hydrogen-bond acceptors (Lipinski definition) is 3. The third kappa shape index (κ3) is 2.89. The molecule has 98 valence electrons. The van der Waals surface area contributed by atoms with Crippen molar-refractivity contribution in [1.82, 2.24) is 5.32 Å². The molecule has 0 bridgehead atoms. The summed E-state index contributed by atoms with van der Waals surface area (Å²) < 4.78 is 4.93. The zero-order valence-electron chi connectivity index (χ0n) is 11.7. The first kappa shape index (κ1) is 14.2. The molecule has 17 heavy (non-hydrogen) atoms. The average Bonchev–Trinajstić information content (AvgIpc) is 2.64. The van der Waals surface area contributed by atoms with Crippen LogP contribution in [0.1, 0.15) is 47.0 Å². The van der Waals surface area contributed by atoms with Gasteiger partial charge in [0, 0.05) is 6.04 Å². The lowest BCUT2D eigenvalue weighted by atomic mass is 9.90. The summed E-state index contributed by atoms with van der Waals surface area (Å²) in [5.41, 5.74) is 0.559. The van der Waals surface area contributed by atoms with E-state index in [1.165, 1.54) is 12.7 Å². The van der Waals surface area contributed by atoms with E-state index in [-0.39, 0.29) is 12.0 Å². The number of esters is 1. The van der Waals surface area contributed by atoms with Crippen molar-refractivity contribution in [2.24, 2.45) is 5.92 Å². The normalized spacial score (nSPS) is 28.4. The Morgan fingerprint density at radius 3 is 2.71 bits per heavy atom. The highest BCUT2D eigenvalue weighted by atomic mass is 16.5. The quantitative estimate of drug-likeness (QED) is 0.592. The summed E-state index contributed by atoms with van der Waals surface area (Å²) in [5, 5.41) is 3.41. The third-order valence-corrected chi connectivity index (χ3v) is 3.59. The van der Waals surface area contributed by atoms with E-state index < -0.39 is 5.54 Å². The highest BCUT2D eigenvalue weighted by Gasteiger charge is 2.44. The van der Waals surface area contributed by atoms with Gasteiger partial charge in [-0.05, 0) is 31.3 Å². The largest absolute Gasteiger partial charge is 0.467 e. The van der Waals surface area contributed by atoms with Gasteiger partial charge in [-0.3, -0.25) is 5.32 Å². The Morgan fingerprint density at radius 1 is 1.59 bits per heavy atom. The number of nitrogens with one attached hydrogen (secondary N) is 1. The van der Waals surface area contributed by atoms with E-state index in [0.29, 0.717) is 5.92 Å². The van der Waals surface area contributed by atoms with Crippen LogP contribution in [-0.2, 0) is 9.53 Å². The maximum absolute atomic E-state index is 12.0. The maximum Gasteiger partial charge on any atom is 0.330 e. The van der Waals surface area contributed by atoms with Gasteiger partial charge in [-0.25, -0.2) is 4.79 Å². The highest BCUT2D eigenvalue weighted by Crippen LogP contribution is 2.31. The number of hydrogen-bond donors (Lipinski definition) is 1. The predicted molar refractivity (Wildman–Crippen MR) is 69.8 cm³/mol. The van der Waals surface area contributed by atoms with E-state index in [0.717, 1.165) is 19.3 Å². The standard InChI is InChI=1S/C14H25NO2/c1-6-7-8-11-9-12(10(2)3)15-14(11,4)13(16)17-5/h9-10,12,15H,6-8H2,1-5H3/t12-,14+/m0/s1. The molecule has 1 rings (SSSR count). The van der Waals surface area contributed by atoms with Crippen LogP contribution in [0.5, 0.6) is 0 Å². The summed E-state index contributed by atoms with van der Waals surface area (Å²) in [4.78, 5) is 12.0. The molecule has 0 fully saturated rings. The summed E-state index contributed by atoms with van der Waals surface area (Å²) in [7, 11) is 1.45. The number of carbonyl (C=O) groups excluding carboxylic acids is 1. The van der Waals surface area contributed by atoms with Crippen LogP contribution in [0.25, 0.3) is 0 Å². The smallest absolute Gasteiger partial charge is 0.330 e. The molecule has 1 aliphatic heterocycles. The van der Waals surface area contributed by atoms with E-state index >= 15 is 0 Å². The van der Waals surface area contributed by atoms with E-state index in [1.807, 2.05) is 6.92 Å². The minimum Gasteiger partial charge on any atom is -0.467 e. The number of ether oxygens (including phenoxy) is 1. The van der Waals surface area contributed by atoms with Gasteiger partial charge in [-0.1, -0.05) is 33.3 Å². The van der Waals surface area contributed by atoms with Crippen LogP contribution in [0.2, 0.25) is 0 Å². The van der Waals surface area contributed by atoms with Crippen molar-refractivity contribution < 1.29 is 9.53 Å². The zero-order valence-corrected chi connectivity index (χ0v) is 11.7. The molecule has 0 spiro atoms. The first-order valence-corrected chi connectivity index (χ1v) is 6.53. The third-order valence-electron chi connectivity index (χ3n) is 3.59. The van der Waals surface area contributed by atoms with Crippen molar-refractivity contribution in [3.05, 3.63) is 11.6 Å². The average molecular weight is 239 g/mol. The molecule has 1 N–H and O–H groups in total. The minimum absolute atomic E-state index is 0.178. The van der Waals surface area contributed by atoms with Gasteiger partial charge in [0.15, 0.2) is 0 Å². The van der Waals surface area contributed by atoms with E-state index in [2.05, 4.69) is 32.2 Å². The van der Waals surface area contributed by atoms with Gasteiger partial charge >= 0.3 is 5.97 Å². The van der Waals surface area contributed by atoms with Crippen molar-refractivity contribution >= 4 is 5.97 Å². The lowest BCUT2D eigenvalue weighted by Crippen LogP contribution is -2.51. The molecule has 1 heterocycles. The molecule has 0 saturated carbocycles. The Morgan fingerprint density at radius 2 is 2.24 bits per heavy atom. The molecule has 0 aliphatic carbocycles.